The van der Waals surface area contributed by atoms with E-state index in [1.807, 2.05) is 83.1 Å². The van der Waals surface area contributed by atoms with E-state index in [1.54, 1.807) is 0 Å². The van der Waals surface area contributed by atoms with Crippen molar-refractivity contribution < 1.29 is 17.8 Å². The van der Waals surface area contributed by atoms with Crippen LogP contribution in [0.5, 0.6) is 0 Å². The average molecular weight is 503 g/mol. The molecule has 36 heavy (non-hydrogen) atoms. The van der Waals surface area contributed by atoms with Gasteiger partial charge in [0.15, 0.2) is 5.78 Å². The third-order valence-electron chi connectivity index (χ3n) is 9.55. The fourth-order valence-electron chi connectivity index (χ4n) is 7.76. The van der Waals surface area contributed by atoms with E-state index < -0.39 is 37.5 Å². The number of benzene rings is 3. The van der Waals surface area contributed by atoms with Gasteiger partial charge in [-0.3, -0.25) is 9.35 Å². The highest BCUT2D eigenvalue weighted by atomic mass is 32.2. The summed E-state index contributed by atoms with van der Waals surface area (Å²) in [6.07, 6.45) is 1.04. The molecule has 2 unspecified atom stereocenters. The fraction of sp³-hybridized carbons (Fsp3) is 0.387. The van der Waals surface area contributed by atoms with E-state index in [-0.39, 0.29) is 5.78 Å². The number of Topliss-reactive ketones (excluding diaryl/α,β-unsaturated/α-hetero) is 1. The smallest absolute Gasteiger partial charge is 0.265 e. The SMILES string of the molecule is Cc1ccc(C2(c3ccc(C)cc3)C(=O)C3(CS(=O)(=O)O)CCC2(c2ccc(C)cc2)C3(C)C)cc1. The van der Waals surface area contributed by atoms with Crippen molar-refractivity contribution in [1.29, 1.82) is 0 Å². The summed E-state index contributed by atoms with van der Waals surface area (Å²) in [4.78, 5) is 15.1. The van der Waals surface area contributed by atoms with E-state index in [4.69, 9.17) is 0 Å². The summed E-state index contributed by atoms with van der Waals surface area (Å²) in [6.45, 7) is 10.1. The van der Waals surface area contributed by atoms with Crippen LogP contribution in [0.3, 0.4) is 0 Å². The fourth-order valence-corrected chi connectivity index (χ4v) is 9.02. The second kappa shape index (κ2) is 7.87. The Morgan fingerprint density at radius 3 is 1.47 bits per heavy atom. The number of fused-ring (bicyclic) bond motifs is 2. The second-order valence-corrected chi connectivity index (χ2v) is 13.0. The zero-order valence-electron chi connectivity index (χ0n) is 21.6. The van der Waals surface area contributed by atoms with Gasteiger partial charge in [0, 0.05) is 5.41 Å². The first kappa shape index (κ1) is 24.9. The molecule has 2 saturated carbocycles. The molecule has 0 heterocycles. The van der Waals surface area contributed by atoms with Crippen LogP contribution in [0.15, 0.2) is 72.8 Å². The Labute approximate surface area is 214 Å². The van der Waals surface area contributed by atoms with E-state index in [0.717, 1.165) is 33.4 Å². The standard InChI is InChI=1S/C31H34O4S/c1-21-6-12-24(13-7-21)30-19-18-29(28(30,4)5,20-36(33,34)35)27(32)31(30,25-14-8-22(2)9-15-25)26-16-10-23(3)11-17-26/h6-17H,18-20H2,1-5H3,(H,33,34,35). The van der Waals surface area contributed by atoms with Crippen molar-refractivity contribution in [2.75, 3.05) is 5.75 Å². The molecule has 0 amide bonds. The van der Waals surface area contributed by atoms with Crippen LogP contribution in [0.25, 0.3) is 0 Å². The summed E-state index contributed by atoms with van der Waals surface area (Å²) in [5, 5.41) is 0. The van der Waals surface area contributed by atoms with Crippen LogP contribution in [0.2, 0.25) is 0 Å². The molecule has 2 atom stereocenters. The molecule has 4 nitrogen and oxygen atoms in total. The molecule has 2 bridgehead atoms. The van der Waals surface area contributed by atoms with Gasteiger partial charge in [-0.15, -0.1) is 0 Å². The minimum absolute atomic E-state index is 0.114. The zero-order chi connectivity index (χ0) is 26.1. The third-order valence-corrected chi connectivity index (χ3v) is 10.4. The molecule has 0 aliphatic heterocycles. The first-order valence-corrected chi connectivity index (χ1v) is 14.1. The first-order valence-electron chi connectivity index (χ1n) is 12.5. The van der Waals surface area contributed by atoms with Crippen molar-refractivity contribution in [2.45, 2.75) is 58.3 Å². The van der Waals surface area contributed by atoms with Gasteiger partial charge in [-0.2, -0.15) is 8.42 Å². The molecule has 1 N–H and O–H groups in total. The van der Waals surface area contributed by atoms with E-state index in [0.29, 0.717) is 12.8 Å². The van der Waals surface area contributed by atoms with Gasteiger partial charge in [0.1, 0.15) is 0 Å². The van der Waals surface area contributed by atoms with Crippen molar-refractivity contribution >= 4 is 15.9 Å². The van der Waals surface area contributed by atoms with Crippen LogP contribution in [-0.4, -0.2) is 24.5 Å². The maximum atomic E-state index is 15.1. The molecule has 0 saturated heterocycles. The molecule has 5 rings (SSSR count). The van der Waals surface area contributed by atoms with E-state index in [1.165, 1.54) is 0 Å². The summed E-state index contributed by atoms with van der Waals surface area (Å²) in [6, 6.07) is 24.6. The quantitative estimate of drug-likeness (QED) is 0.427. The van der Waals surface area contributed by atoms with Crippen LogP contribution in [-0.2, 0) is 25.7 Å². The molecule has 3 aromatic carbocycles. The van der Waals surface area contributed by atoms with Crippen LogP contribution < -0.4 is 0 Å². The Balaban J connectivity index is 1.97. The highest BCUT2D eigenvalue weighted by Crippen LogP contribution is 2.78. The van der Waals surface area contributed by atoms with E-state index in [2.05, 4.69) is 24.3 Å². The van der Waals surface area contributed by atoms with Crippen LogP contribution in [0.1, 0.15) is 60.1 Å². The largest absolute Gasteiger partial charge is 0.298 e. The van der Waals surface area contributed by atoms with Crippen molar-refractivity contribution in [1.82, 2.24) is 0 Å². The van der Waals surface area contributed by atoms with Crippen molar-refractivity contribution in [3.63, 3.8) is 0 Å². The topological polar surface area (TPSA) is 71.4 Å². The predicted octanol–water partition coefficient (Wildman–Crippen LogP) is 6.11. The molecule has 2 aliphatic carbocycles. The maximum absolute atomic E-state index is 15.1. The number of rotatable bonds is 5. The lowest BCUT2D eigenvalue weighted by atomic mass is 9.49. The molecule has 2 aliphatic rings. The number of hydrogen-bond donors (Lipinski definition) is 1. The predicted molar refractivity (Wildman–Crippen MR) is 143 cm³/mol. The van der Waals surface area contributed by atoms with Gasteiger partial charge in [0.05, 0.1) is 16.6 Å². The zero-order valence-corrected chi connectivity index (χ0v) is 22.4. The molecule has 188 valence electrons. The first-order chi connectivity index (χ1) is 16.8. The highest BCUT2D eigenvalue weighted by molar-refractivity contribution is 7.85. The Hall–Kier alpha value is -2.76. The van der Waals surface area contributed by atoms with Crippen molar-refractivity contribution in [3.05, 3.63) is 106 Å². The van der Waals surface area contributed by atoms with Gasteiger partial charge in [-0.05, 0) is 55.7 Å². The maximum Gasteiger partial charge on any atom is 0.265 e. The van der Waals surface area contributed by atoms with Gasteiger partial charge in [0.2, 0.25) is 0 Å². The second-order valence-electron chi connectivity index (χ2n) is 11.5. The van der Waals surface area contributed by atoms with Crippen LogP contribution in [0.4, 0.5) is 0 Å². The van der Waals surface area contributed by atoms with E-state index >= 15 is 4.79 Å². The van der Waals surface area contributed by atoms with E-state index in [9.17, 15) is 13.0 Å². The van der Waals surface area contributed by atoms with Gasteiger partial charge in [0.25, 0.3) is 10.1 Å². The summed E-state index contributed by atoms with van der Waals surface area (Å²) in [5.41, 5.74) is 2.22. The monoisotopic (exact) mass is 502 g/mol. The van der Waals surface area contributed by atoms with Gasteiger partial charge < -0.3 is 0 Å². The lowest BCUT2D eigenvalue weighted by molar-refractivity contribution is -0.132. The molecule has 0 aromatic heterocycles. The minimum Gasteiger partial charge on any atom is -0.298 e. The number of hydrogen-bond acceptors (Lipinski definition) is 3. The summed E-state index contributed by atoms with van der Waals surface area (Å²) in [7, 11) is -4.42. The number of aryl methyl sites for hydroxylation is 3. The average Bonchev–Trinajstić information content (AvgIpc) is 3.10. The third kappa shape index (κ3) is 3.02. The normalized spacial score (nSPS) is 26.3. The minimum atomic E-state index is -4.42. The molecule has 5 heteroatoms. The van der Waals surface area contributed by atoms with Gasteiger partial charge in [-0.25, -0.2) is 0 Å². The lowest BCUT2D eigenvalue weighted by Gasteiger charge is -2.51. The molecular formula is C31H34O4S. The molecule has 0 spiro atoms. The summed E-state index contributed by atoms with van der Waals surface area (Å²) >= 11 is 0. The summed E-state index contributed by atoms with van der Waals surface area (Å²) in [5.74, 6) is -0.684. The number of carbonyl (C=O) groups is 1. The van der Waals surface area contributed by atoms with Crippen molar-refractivity contribution in [2.24, 2.45) is 10.8 Å². The Morgan fingerprint density at radius 2 is 1.08 bits per heavy atom. The highest BCUT2D eigenvalue weighted by Gasteiger charge is 2.83. The van der Waals surface area contributed by atoms with Crippen LogP contribution >= 0.6 is 0 Å². The van der Waals surface area contributed by atoms with Gasteiger partial charge >= 0.3 is 0 Å². The Kier molecular flexibility index (Phi) is 5.44. The lowest BCUT2D eigenvalue weighted by Crippen LogP contribution is -2.55. The summed E-state index contributed by atoms with van der Waals surface area (Å²) < 4.78 is 35.1. The molecule has 0 radical (unpaired) electrons. The van der Waals surface area contributed by atoms with Crippen LogP contribution in [0, 0.1) is 31.6 Å². The Morgan fingerprint density at radius 1 is 0.694 bits per heavy atom. The molecule has 3 aromatic rings. The molecular weight excluding hydrogens is 468 g/mol. The van der Waals surface area contributed by atoms with Gasteiger partial charge in [-0.1, -0.05) is 103 Å². The number of carbonyl (C=O) groups excluding carboxylic acids is 1. The van der Waals surface area contributed by atoms with Crippen molar-refractivity contribution in [3.8, 4) is 0 Å². The Bertz CT molecular complexity index is 1390. The number of ketones is 1. The molecule has 2 fully saturated rings.